The van der Waals surface area contributed by atoms with Crippen LogP contribution >= 0.6 is 0 Å². The summed E-state index contributed by atoms with van der Waals surface area (Å²) in [6.45, 7) is 12.1. The number of ether oxygens (including phenoxy) is 1. The van der Waals surface area contributed by atoms with E-state index in [1.807, 2.05) is 17.9 Å². The zero-order chi connectivity index (χ0) is 19.2. The van der Waals surface area contributed by atoms with Crippen LogP contribution in [0.4, 0.5) is 0 Å². The van der Waals surface area contributed by atoms with E-state index >= 15 is 0 Å². The maximum Gasteiger partial charge on any atom is 0.123 e. The third-order valence-corrected chi connectivity index (χ3v) is 8.14. The first-order chi connectivity index (χ1) is 12.8. The van der Waals surface area contributed by atoms with Crippen molar-refractivity contribution in [2.24, 2.45) is 22.9 Å². The van der Waals surface area contributed by atoms with Gasteiger partial charge < -0.3 is 4.74 Å². The van der Waals surface area contributed by atoms with Crippen molar-refractivity contribution in [3.63, 3.8) is 0 Å². The van der Waals surface area contributed by atoms with Gasteiger partial charge in [0.05, 0.1) is 12.3 Å². The Morgan fingerprint density at radius 2 is 1.89 bits per heavy atom. The zero-order valence-electron chi connectivity index (χ0n) is 17.1. The molecule has 2 aliphatic heterocycles. The molecule has 0 N–H and O–H groups in total. The minimum Gasteiger partial charge on any atom is -0.493 e. The molecule has 3 heterocycles. The molecule has 1 aliphatic carbocycles. The van der Waals surface area contributed by atoms with Gasteiger partial charge in [-0.2, -0.15) is 5.10 Å². The number of hydrogen-bond acceptors (Lipinski definition) is 3. The maximum absolute atomic E-state index is 6.26. The minimum absolute atomic E-state index is 0.00407. The van der Waals surface area contributed by atoms with Crippen molar-refractivity contribution in [1.82, 2.24) is 9.78 Å². The van der Waals surface area contributed by atoms with E-state index in [1.54, 1.807) is 0 Å². The van der Waals surface area contributed by atoms with Crippen LogP contribution in [-0.2, 0) is 12.5 Å². The molecule has 3 aliphatic rings. The van der Waals surface area contributed by atoms with E-state index in [-0.39, 0.29) is 16.2 Å². The fourth-order valence-electron chi connectivity index (χ4n) is 5.93. The molecule has 0 bridgehead atoms. The first-order valence-electron chi connectivity index (χ1n) is 9.77. The average Bonchev–Trinajstić information content (AvgIpc) is 3.09. The van der Waals surface area contributed by atoms with E-state index in [1.165, 1.54) is 28.1 Å². The fraction of sp³-hybridized carbons (Fsp3) is 0.478. The normalized spacial score (nSPS) is 33.3. The summed E-state index contributed by atoms with van der Waals surface area (Å²) < 4.78 is 8.22. The quantitative estimate of drug-likeness (QED) is 0.775. The van der Waals surface area contributed by atoms with Gasteiger partial charge in [0.1, 0.15) is 5.75 Å². The molecule has 1 aromatic carbocycles. The highest BCUT2D eigenvalue weighted by molar-refractivity contribution is 5.74. The number of benzene rings is 1. The Hall–Kier alpha value is -2.36. The number of aliphatic imine (C=N–C) groups is 1. The van der Waals surface area contributed by atoms with E-state index in [0.29, 0.717) is 0 Å². The maximum atomic E-state index is 6.26. The molecule has 5 rings (SSSR count). The largest absolute Gasteiger partial charge is 0.493 e. The standard InChI is InChI=1S/C23H27N3O/c1-14-20(15(2)26(6)25-14)16-9-10-18-17(12-16)22(4)21(3,13-27-18)23(22,5)19-8-7-11-24-19/h8-12H,7,13H2,1-6H3/t21-,22+,23+/m0/s1. The molecule has 3 atom stereocenters. The highest BCUT2D eigenvalue weighted by Gasteiger charge is 2.83. The van der Waals surface area contributed by atoms with Crippen molar-refractivity contribution in [3.05, 3.63) is 46.9 Å². The SMILES string of the molecule is Cc1nn(C)c(C)c1-c1ccc2c(c1)[C@]1(C)[C@](C)(CO2)[C@@]1(C)C1=CCC=N1. The van der Waals surface area contributed by atoms with E-state index in [2.05, 4.69) is 64.0 Å². The summed E-state index contributed by atoms with van der Waals surface area (Å²) in [6, 6.07) is 6.66. The summed E-state index contributed by atoms with van der Waals surface area (Å²) in [5.41, 5.74) is 7.32. The number of allylic oxidation sites excluding steroid dienone is 2. The van der Waals surface area contributed by atoms with Crippen molar-refractivity contribution < 1.29 is 4.74 Å². The van der Waals surface area contributed by atoms with Crippen LogP contribution in [0, 0.1) is 24.7 Å². The molecule has 1 fully saturated rings. The Labute approximate surface area is 161 Å². The lowest BCUT2D eigenvalue weighted by Crippen LogP contribution is -2.25. The van der Waals surface area contributed by atoms with E-state index in [4.69, 9.17) is 9.73 Å². The van der Waals surface area contributed by atoms with Crippen LogP contribution in [0.3, 0.4) is 0 Å². The van der Waals surface area contributed by atoms with Crippen molar-refractivity contribution in [2.45, 2.75) is 46.5 Å². The first-order valence-corrected chi connectivity index (χ1v) is 9.77. The van der Waals surface area contributed by atoms with Crippen LogP contribution in [0.5, 0.6) is 5.75 Å². The zero-order valence-corrected chi connectivity index (χ0v) is 17.1. The van der Waals surface area contributed by atoms with Gasteiger partial charge in [0.15, 0.2) is 0 Å². The molecule has 140 valence electrons. The summed E-state index contributed by atoms with van der Waals surface area (Å²) >= 11 is 0. The van der Waals surface area contributed by atoms with E-state index in [0.717, 1.165) is 24.5 Å². The number of hydrogen-bond donors (Lipinski definition) is 0. The molecule has 0 saturated heterocycles. The lowest BCUT2D eigenvalue weighted by atomic mass is 9.83. The van der Waals surface area contributed by atoms with Crippen LogP contribution < -0.4 is 4.74 Å². The summed E-state index contributed by atoms with van der Waals surface area (Å²) in [5, 5.41) is 4.61. The molecule has 4 heteroatoms. The lowest BCUT2D eigenvalue weighted by Gasteiger charge is -2.28. The van der Waals surface area contributed by atoms with Crippen LogP contribution in [0.15, 0.2) is 35.0 Å². The van der Waals surface area contributed by atoms with E-state index < -0.39 is 0 Å². The molecule has 4 nitrogen and oxygen atoms in total. The molecule has 0 amide bonds. The van der Waals surface area contributed by atoms with Crippen molar-refractivity contribution in [3.8, 4) is 16.9 Å². The summed E-state index contributed by atoms with van der Waals surface area (Å²) in [4.78, 5) is 4.74. The van der Waals surface area contributed by atoms with Gasteiger partial charge in [0.2, 0.25) is 0 Å². The summed E-state index contributed by atoms with van der Waals surface area (Å²) in [7, 11) is 2.01. The van der Waals surface area contributed by atoms with Gasteiger partial charge in [-0.1, -0.05) is 32.9 Å². The Balaban J connectivity index is 1.70. The Kier molecular flexibility index (Phi) is 3.06. The number of fused-ring (bicyclic) bond motifs is 3. The van der Waals surface area contributed by atoms with Gasteiger partial charge >= 0.3 is 0 Å². The third kappa shape index (κ3) is 1.70. The van der Waals surface area contributed by atoms with Gasteiger partial charge in [0.25, 0.3) is 0 Å². The van der Waals surface area contributed by atoms with Gasteiger partial charge in [-0.15, -0.1) is 0 Å². The monoisotopic (exact) mass is 361 g/mol. The number of aromatic nitrogens is 2. The number of aryl methyl sites for hydroxylation is 2. The summed E-state index contributed by atoms with van der Waals surface area (Å²) in [6.07, 6.45) is 5.25. The van der Waals surface area contributed by atoms with E-state index in [9.17, 15) is 0 Å². The van der Waals surface area contributed by atoms with Crippen molar-refractivity contribution in [1.29, 1.82) is 0 Å². The molecule has 27 heavy (non-hydrogen) atoms. The minimum atomic E-state index is -0.00407. The van der Waals surface area contributed by atoms with Crippen LogP contribution in [-0.4, -0.2) is 22.6 Å². The second-order valence-corrected chi connectivity index (χ2v) is 8.89. The molecule has 2 aromatic rings. The Bertz CT molecular complexity index is 1050. The highest BCUT2D eigenvalue weighted by atomic mass is 16.5. The fourth-order valence-corrected chi connectivity index (χ4v) is 5.93. The molecule has 0 spiro atoms. The van der Waals surface area contributed by atoms with Crippen molar-refractivity contribution >= 4 is 6.21 Å². The summed E-state index contributed by atoms with van der Waals surface area (Å²) in [5.74, 6) is 1.02. The average molecular weight is 361 g/mol. The topological polar surface area (TPSA) is 39.4 Å². The molecule has 0 unspecified atom stereocenters. The van der Waals surface area contributed by atoms with Crippen LogP contribution in [0.25, 0.3) is 11.1 Å². The number of rotatable bonds is 2. The van der Waals surface area contributed by atoms with Gasteiger partial charge in [-0.3, -0.25) is 9.67 Å². The molecule has 1 aromatic heterocycles. The Morgan fingerprint density at radius 3 is 2.52 bits per heavy atom. The predicted molar refractivity (Wildman–Crippen MR) is 108 cm³/mol. The second-order valence-electron chi connectivity index (χ2n) is 8.89. The number of nitrogens with zero attached hydrogens (tertiary/aromatic N) is 3. The van der Waals surface area contributed by atoms with Crippen molar-refractivity contribution in [2.75, 3.05) is 6.61 Å². The molecular weight excluding hydrogens is 334 g/mol. The molecule has 0 radical (unpaired) electrons. The first kappa shape index (κ1) is 16.8. The van der Waals surface area contributed by atoms with Gasteiger partial charge in [-0.05, 0) is 31.5 Å². The lowest BCUT2D eigenvalue weighted by molar-refractivity contribution is 0.193. The van der Waals surface area contributed by atoms with Crippen LogP contribution in [0.2, 0.25) is 0 Å². The van der Waals surface area contributed by atoms with Crippen LogP contribution in [0.1, 0.15) is 44.1 Å². The highest BCUT2D eigenvalue weighted by Crippen LogP contribution is 2.83. The smallest absolute Gasteiger partial charge is 0.123 e. The second kappa shape index (κ2) is 4.92. The third-order valence-electron chi connectivity index (χ3n) is 8.14. The predicted octanol–water partition coefficient (Wildman–Crippen LogP) is 4.74. The van der Waals surface area contributed by atoms with Gasteiger partial charge in [0, 0.05) is 58.4 Å². The molecule has 1 saturated carbocycles. The molecular formula is C23H27N3O. The Morgan fingerprint density at radius 1 is 1.11 bits per heavy atom. The van der Waals surface area contributed by atoms with Gasteiger partial charge in [-0.25, -0.2) is 0 Å².